The Morgan fingerprint density at radius 2 is 1.89 bits per heavy atom. The topological polar surface area (TPSA) is 98.2 Å². The fourth-order valence-corrected chi connectivity index (χ4v) is 4.01. The van der Waals surface area contributed by atoms with Crippen LogP contribution in [0.3, 0.4) is 0 Å². The maximum absolute atomic E-state index is 12.7. The lowest BCUT2D eigenvalue weighted by atomic mass is 10.1. The Morgan fingerprint density at radius 3 is 2.68 bits per heavy atom. The third-order valence-electron chi connectivity index (χ3n) is 3.92. The zero-order valence-corrected chi connectivity index (χ0v) is 15.9. The monoisotopic (exact) mass is 415 g/mol. The Bertz CT molecular complexity index is 1200. The van der Waals surface area contributed by atoms with Crippen molar-refractivity contribution in [2.45, 2.75) is 11.3 Å². The van der Waals surface area contributed by atoms with Gasteiger partial charge in [-0.2, -0.15) is 4.98 Å². The van der Waals surface area contributed by atoms with E-state index in [1.165, 1.54) is 18.4 Å². The highest BCUT2D eigenvalue weighted by atomic mass is 35.5. The number of nitrogens with zero attached hydrogens (tertiary/aromatic N) is 2. The fourth-order valence-electron chi connectivity index (χ4n) is 2.61. The van der Waals surface area contributed by atoms with Crippen molar-refractivity contribution in [3.05, 3.63) is 83.4 Å². The van der Waals surface area contributed by atoms with Crippen LogP contribution < -0.4 is 4.72 Å². The van der Waals surface area contributed by atoms with Gasteiger partial charge in [-0.25, -0.2) is 8.42 Å². The van der Waals surface area contributed by atoms with Crippen LogP contribution in [0.1, 0.15) is 11.5 Å². The molecule has 1 N–H and O–H groups in total. The standard InChI is InChI=1S/C19H14ClN3O4S/c20-14-6-3-7-15(12-14)28(24,25)23-16-8-2-1-5-13(16)11-18-21-19(22-27-18)17-9-4-10-26-17/h1-10,12,23H,11H2. The summed E-state index contributed by atoms with van der Waals surface area (Å²) < 4.78 is 38.5. The molecule has 0 saturated carbocycles. The van der Waals surface area contributed by atoms with E-state index < -0.39 is 10.0 Å². The van der Waals surface area contributed by atoms with Crippen molar-refractivity contribution in [2.75, 3.05) is 4.72 Å². The molecule has 0 bridgehead atoms. The number of benzene rings is 2. The average Bonchev–Trinajstić information content (AvgIpc) is 3.35. The first-order valence-corrected chi connectivity index (χ1v) is 10.1. The molecule has 142 valence electrons. The van der Waals surface area contributed by atoms with Gasteiger partial charge in [0.15, 0.2) is 5.76 Å². The summed E-state index contributed by atoms with van der Waals surface area (Å²) in [6.45, 7) is 0. The van der Waals surface area contributed by atoms with Gasteiger partial charge in [-0.05, 0) is 42.0 Å². The number of aromatic nitrogens is 2. The van der Waals surface area contributed by atoms with Crippen LogP contribution in [0.25, 0.3) is 11.6 Å². The normalized spacial score (nSPS) is 11.5. The number of nitrogens with one attached hydrogen (secondary N) is 1. The second-order valence-electron chi connectivity index (χ2n) is 5.89. The van der Waals surface area contributed by atoms with Crippen molar-refractivity contribution in [3.63, 3.8) is 0 Å². The molecule has 0 unspecified atom stereocenters. The molecule has 0 aliphatic rings. The molecular formula is C19H14ClN3O4S. The van der Waals surface area contributed by atoms with Crippen LogP contribution in [0.4, 0.5) is 5.69 Å². The van der Waals surface area contributed by atoms with Crippen molar-refractivity contribution < 1.29 is 17.4 Å². The molecule has 28 heavy (non-hydrogen) atoms. The fraction of sp³-hybridized carbons (Fsp3) is 0.0526. The number of furan rings is 1. The van der Waals surface area contributed by atoms with Crippen LogP contribution in [0.15, 0.2) is 80.8 Å². The number of halogens is 1. The van der Waals surface area contributed by atoms with E-state index in [-0.39, 0.29) is 11.3 Å². The van der Waals surface area contributed by atoms with E-state index >= 15 is 0 Å². The smallest absolute Gasteiger partial charge is 0.261 e. The lowest BCUT2D eigenvalue weighted by molar-refractivity contribution is 0.384. The highest BCUT2D eigenvalue weighted by Crippen LogP contribution is 2.24. The molecule has 2 aromatic heterocycles. The minimum atomic E-state index is -3.80. The Morgan fingerprint density at radius 1 is 1.04 bits per heavy atom. The maximum Gasteiger partial charge on any atom is 0.261 e. The second-order valence-corrected chi connectivity index (χ2v) is 8.00. The van der Waals surface area contributed by atoms with E-state index in [4.69, 9.17) is 20.5 Å². The van der Waals surface area contributed by atoms with Crippen molar-refractivity contribution in [2.24, 2.45) is 0 Å². The van der Waals surface area contributed by atoms with Crippen molar-refractivity contribution in [1.29, 1.82) is 0 Å². The van der Waals surface area contributed by atoms with Crippen LogP contribution in [-0.2, 0) is 16.4 Å². The molecule has 0 fully saturated rings. The zero-order chi connectivity index (χ0) is 19.6. The number of hydrogen-bond donors (Lipinski definition) is 1. The molecule has 7 nitrogen and oxygen atoms in total. The summed E-state index contributed by atoms with van der Waals surface area (Å²) in [5.41, 5.74) is 1.10. The Balaban J connectivity index is 1.59. The summed E-state index contributed by atoms with van der Waals surface area (Å²) in [4.78, 5) is 4.37. The van der Waals surface area contributed by atoms with E-state index in [1.807, 2.05) is 0 Å². The quantitative estimate of drug-likeness (QED) is 0.502. The third kappa shape index (κ3) is 3.92. The van der Waals surface area contributed by atoms with Crippen LogP contribution in [0.5, 0.6) is 0 Å². The lowest BCUT2D eigenvalue weighted by Crippen LogP contribution is -2.14. The summed E-state index contributed by atoms with van der Waals surface area (Å²) in [7, 11) is -3.80. The number of hydrogen-bond acceptors (Lipinski definition) is 6. The van der Waals surface area contributed by atoms with Crippen molar-refractivity contribution >= 4 is 27.3 Å². The maximum atomic E-state index is 12.7. The van der Waals surface area contributed by atoms with Gasteiger partial charge in [0.05, 0.1) is 23.3 Å². The van der Waals surface area contributed by atoms with Crippen LogP contribution in [0.2, 0.25) is 5.02 Å². The van der Waals surface area contributed by atoms with Gasteiger partial charge in [0.1, 0.15) is 0 Å². The molecule has 0 saturated heterocycles. The molecule has 2 aromatic carbocycles. The number of para-hydroxylation sites is 1. The Kier molecular flexibility index (Phi) is 4.89. The highest BCUT2D eigenvalue weighted by Gasteiger charge is 2.18. The molecule has 0 aliphatic heterocycles. The largest absolute Gasteiger partial charge is 0.461 e. The predicted octanol–water partition coefficient (Wildman–Crippen LogP) is 4.37. The minimum absolute atomic E-state index is 0.0766. The van der Waals surface area contributed by atoms with Gasteiger partial charge in [0.25, 0.3) is 10.0 Å². The highest BCUT2D eigenvalue weighted by molar-refractivity contribution is 7.92. The van der Waals surface area contributed by atoms with Crippen molar-refractivity contribution in [1.82, 2.24) is 10.1 Å². The molecular weight excluding hydrogens is 402 g/mol. The molecule has 0 atom stereocenters. The van der Waals surface area contributed by atoms with Gasteiger partial charge < -0.3 is 8.94 Å². The Hall–Kier alpha value is -3.10. The van der Waals surface area contributed by atoms with Gasteiger partial charge in [0.2, 0.25) is 11.7 Å². The summed E-state index contributed by atoms with van der Waals surface area (Å²) in [5, 5.41) is 4.22. The van der Waals surface area contributed by atoms with E-state index in [1.54, 1.807) is 48.5 Å². The lowest BCUT2D eigenvalue weighted by Gasteiger charge is -2.12. The van der Waals surface area contributed by atoms with Crippen LogP contribution >= 0.6 is 11.6 Å². The zero-order valence-electron chi connectivity index (χ0n) is 14.4. The molecule has 0 radical (unpaired) electrons. The van der Waals surface area contributed by atoms with Crippen molar-refractivity contribution in [3.8, 4) is 11.6 Å². The van der Waals surface area contributed by atoms with Gasteiger partial charge in [0, 0.05) is 5.02 Å². The molecule has 0 amide bonds. The molecule has 9 heteroatoms. The first-order chi connectivity index (χ1) is 13.5. The predicted molar refractivity (Wildman–Crippen MR) is 104 cm³/mol. The van der Waals surface area contributed by atoms with E-state index in [0.717, 1.165) is 0 Å². The molecule has 4 rings (SSSR count). The molecule has 2 heterocycles. The van der Waals surface area contributed by atoms with E-state index in [2.05, 4.69) is 14.9 Å². The van der Waals surface area contributed by atoms with Gasteiger partial charge in [-0.15, -0.1) is 0 Å². The summed E-state index contributed by atoms with van der Waals surface area (Å²) in [6.07, 6.45) is 1.77. The molecule has 4 aromatic rings. The SMILES string of the molecule is O=S(=O)(Nc1ccccc1Cc1nc(-c2ccco2)no1)c1cccc(Cl)c1. The van der Waals surface area contributed by atoms with Gasteiger partial charge >= 0.3 is 0 Å². The van der Waals surface area contributed by atoms with E-state index in [9.17, 15) is 8.42 Å². The number of sulfonamides is 1. The molecule has 0 spiro atoms. The summed E-state index contributed by atoms with van der Waals surface area (Å²) >= 11 is 5.91. The van der Waals surface area contributed by atoms with Crippen LogP contribution in [0, 0.1) is 0 Å². The van der Waals surface area contributed by atoms with Gasteiger partial charge in [-0.3, -0.25) is 4.72 Å². The number of rotatable bonds is 6. The minimum Gasteiger partial charge on any atom is -0.461 e. The second kappa shape index (κ2) is 7.49. The first kappa shape index (κ1) is 18.3. The van der Waals surface area contributed by atoms with E-state index in [0.29, 0.717) is 33.7 Å². The molecule has 0 aliphatic carbocycles. The Labute approximate surface area is 166 Å². The van der Waals surface area contributed by atoms with Crippen LogP contribution in [-0.4, -0.2) is 18.6 Å². The third-order valence-corrected chi connectivity index (χ3v) is 5.52. The first-order valence-electron chi connectivity index (χ1n) is 8.24. The summed E-state index contributed by atoms with van der Waals surface area (Å²) in [5.74, 6) is 1.16. The van der Waals surface area contributed by atoms with Gasteiger partial charge in [-0.1, -0.05) is 41.0 Å². The number of anilines is 1. The average molecular weight is 416 g/mol. The summed E-state index contributed by atoms with van der Waals surface area (Å²) in [6, 6.07) is 16.5.